The van der Waals surface area contributed by atoms with Crippen molar-refractivity contribution < 1.29 is 19.5 Å². The molecule has 2 atom stereocenters. The van der Waals surface area contributed by atoms with E-state index in [4.69, 9.17) is 11.5 Å². The van der Waals surface area contributed by atoms with Gasteiger partial charge in [-0.05, 0) is 42.2 Å². The molecule has 42 heavy (non-hydrogen) atoms. The van der Waals surface area contributed by atoms with Crippen LogP contribution < -0.4 is 16.8 Å². The summed E-state index contributed by atoms with van der Waals surface area (Å²) in [5.74, 6) is -1.95. The van der Waals surface area contributed by atoms with Gasteiger partial charge in [-0.2, -0.15) is 4.98 Å². The Morgan fingerprint density at radius 2 is 1.64 bits per heavy atom. The number of carbonyl (C=O) groups is 3. The monoisotopic (exact) mass is 564 g/mol. The lowest BCUT2D eigenvalue weighted by atomic mass is 10.0. The predicted octanol–water partition coefficient (Wildman–Crippen LogP) is 3.24. The van der Waals surface area contributed by atoms with Crippen LogP contribution in [0, 0.1) is 12.4 Å². The summed E-state index contributed by atoms with van der Waals surface area (Å²) in [6.07, 6.45) is 8.71. The molecule has 3 aromatic carbocycles. The lowest BCUT2D eigenvalue weighted by Crippen LogP contribution is -2.55. The molecule has 0 aliphatic heterocycles. The second-order valence-corrected chi connectivity index (χ2v) is 10.3. The van der Waals surface area contributed by atoms with Gasteiger partial charge < -0.3 is 26.9 Å². The maximum Gasteiger partial charge on any atom is 0.332 e. The van der Waals surface area contributed by atoms with E-state index in [1.54, 1.807) is 13.8 Å². The van der Waals surface area contributed by atoms with Crippen LogP contribution in [0.1, 0.15) is 31.0 Å². The fraction of sp³-hybridized carbons (Fsp3) is 0.188. The Hall–Kier alpha value is -5.40. The number of amides is 2. The van der Waals surface area contributed by atoms with Crippen LogP contribution in [0.4, 0.5) is 0 Å². The zero-order valence-electron chi connectivity index (χ0n) is 23.2. The number of nitrogens with zero attached hydrogens (tertiary/aromatic N) is 2. The number of rotatable bonds is 9. The van der Waals surface area contributed by atoms with E-state index < -0.39 is 35.4 Å². The van der Waals surface area contributed by atoms with Crippen molar-refractivity contribution >= 4 is 28.7 Å². The number of nitrogens with one attached hydrogen (secondary N) is 2. The van der Waals surface area contributed by atoms with Gasteiger partial charge in [0.2, 0.25) is 11.8 Å². The number of aromatic nitrogens is 3. The van der Waals surface area contributed by atoms with Gasteiger partial charge in [0.25, 0.3) is 0 Å². The van der Waals surface area contributed by atoms with E-state index in [2.05, 4.69) is 27.7 Å². The number of para-hydroxylation sites is 1. The van der Waals surface area contributed by atoms with Gasteiger partial charge in [0.1, 0.15) is 12.4 Å². The molecule has 214 valence electrons. The Labute approximate surface area is 243 Å². The van der Waals surface area contributed by atoms with Crippen molar-refractivity contribution in [1.82, 2.24) is 19.9 Å². The smallest absolute Gasteiger partial charge is 0.332 e. The first-order chi connectivity index (χ1) is 20.0. The first-order valence-electron chi connectivity index (χ1n) is 13.2. The molecule has 2 heterocycles. The molecule has 5 rings (SSSR count). The largest absolute Gasteiger partial charge is 0.479 e. The first kappa shape index (κ1) is 29.6. The van der Waals surface area contributed by atoms with Gasteiger partial charge in [0.15, 0.2) is 6.04 Å². The Morgan fingerprint density at radius 1 is 1.00 bits per heavy atom. The van der Waals surface area contributed by atoms with Gasteiger partial charge in [-0.3, -0.25) is 14.2 Å². The Morgan fingerprint density at radius 3 is 2.24 bits per heavy atom. The summed E-state index contributed by atoms with van der Waals surface area (Å²) in [7, 11) is 0. The van der Waals surface area contributed by atoms with Crippen LogP contribution in [-0.2, 0) is 20.8 Å². The Bertz CT molecular complexity index is 1640. The predicted molar refractivity (Wildman–Crippen MR) is 159 cm³/mol. The van der Waals surface area contributed by atoms with E-state index in [-0.39, 0.29) is 0 Å². The highest BCUT2D eigenvalue weighted by Gasteiger charge is 2.27. The second-order valence-electron chi connectivity index (χ2n) is 10.3. The standard InChI is InChI=1S/C17H12N2O2.C15H20N4O2/c20-17(21)16(19-11-10-18-12-19)15-8-6-14(7-9-15)13-4-2-1-3-5-13;1-15(2,17)14(21)19-12(13(16)20)7-9-8-18-11-6-4-3-5-10(9)11/h1-9,12,16H,(H,20,21);3-6,8,12,18H,7,17H2,1-2H3,(H2,16,20)(H,19,21)/t;12-/m.1/s1. The summed E-state index contributed by atoms with van der Waals surface area (Å²) in [4.78, 5) is 41.8. The molecule has 1 unspecified atom stereocenters. The van der Waals surface area contributed by atoms with Gasteiger partial charge in [-0.15, -0.1) is 0 Å². The number of primary amides is 1. The van der Waals surface area contributed by atoms with Crippen molar-refractivity contribution in [1.29, 1.82) is 0 Å². The molecule has 0 bridgehead atoms. The number of carboxylic acids is 1. The number of carboxylic acid groups (broad SMARTS) is 1. The zero-order chi connectivity index (χ0) is 30.3. The van der Waals surface area contributed by atoms with Crippen molar-refractivity contribution in [2.24, 2.45) is 11.5 Å². The van der Waals surface area contributed by atoms with Crippen LogP contribution in [0.3, 0.4) is 0 Å². The molecule has 0 aliphatic rings. The molecule has 0 aliphatic carbocycles. The number of aliphatic carboxylic acids is 1. The molecular weight excluding hydrogens is 532 g/mol. The van der Waals surface area contributed by atoms with Crippen molar-refractivity contribution in [3.8, 4) is 11.1 Å². The van der Waals surface area contributed by atoms with Crippen LogP contribution in [0.2, 0.25) is 0 Å². The Balaban J connectivity index is 0.000000193. The van der Waals surface area contributed by atoms with Crippen molar-refractivity contribution in [3.63, 3.8) is 0 Å². The third-order valence-corrected chi connectivity index (χ3v) is 6.60. The van der Waals surface area contributed by atoms with Crippen LogP contribution in [-0.4, -0.2) is 49.0 Å². The van der Waals surface area contributed by atoms with Crippen molar-refractivity contribution in [2.75, 3.05) is 0 Å². The summed E-state index contributed by atoms with van der Waals surface area (Å²) in [5.41, 5.74) is 14.8. The summed E-state index contributed by atoms with van der Waals surface area (Å²) < 4.78 is 1.40. The van der Waals surface area contributed by atoms with E-state index >= 15 is 0 Å². The number of benzene rings is 3. The highest BCUT2D eigenvalue weighted by atomic mass is 16.4. The topological polar surface area (TPSA) is 169 Å². The average molecular weight is 565 g/mol. The van der Waals surface area contributed by atoms with E-state index in [1.807, 2.05) is 85.1 Å². The maximum absolute atomic E-state index is 11.9. The summed E-state index contributed by atoms with van der Waals surface area (Å²) in [5, 5.41) is 13.0. The zero-order valence-corrected chi connectivity index (χ0v) is 23.2. The van der Waals surface area contributed by atoms with Gasteiger partial charge in [0.05, 0.1) is 11.7 Å². The molecule has 0 saturated carbocycles. The van der Waals surface area contributed by atoms with Crippen LogP contribution in [0.15, 0.2) is 91.4 Å². The number of carbonyl (C=O) groups excluding carboxylic acids is 2. The number of H-pyrrole nitrogens is 1. The van der Waals surface area contributed by atoms with E-state index in [1.165, 1.54) is 10.9 Å². The van der Waals surface area contributed by atoms with E-state index in [0.29, 0.717) is 12.0 Å². The van der Waals surface area contributed by atoms with Crippen LogP contribution >= 0.6 is 0 Å². The first-order valence-corrected chi connectivity index (χ1v) is 13.2. The molecule has 2 amide bonds. The Kier molecular flexibility index (Phi) is 9.05. The molecule has 10 heteroatoms. The number of hydrogen-bond donors (Lipinski definition) is 5. The maximum atomic E-state index is 11.9. The molecular formula is C32H32N6O4. The minimum Gasteiger partial charge on any atom is -0.479 e. The van der Waals surface area contributed by atoms with Gasteiger partial charge >= 0.3 is 5.97 Å². The highest BCUT2D eigenvalue weighted by Crippen LogP contribution is 2.24. The van der Waals surface area contributed by atoms with Gasteiger partial charge in [-0.25, -0.2) is 4.79 Å². The van der Waals surface area contributed by atoms with Crippen LogP contribution in [0.5, 0.6) is 0 Å². The number of fused-ring (bicyclic) bond motifs is 1. The highest BCUT2D eigenvalue weighted by molar-refractivity contribution is 5.92. The molecule has 7 N–H and O–H groups in total. The molecule has 0 fully saturated rings. The quantitative estimate of drug-likeness (QED) is 0.184. The molecule has 0 radical (unpaired) electrons. The van der Waals surface area contributed by atoms with E-state index in [9.17, 15) is 19.5 Å². The third-order valence-electron chi connectivity index (χ3n) is 6.60. The number of hydrogen-bond acceptors (Lipinski definition) is 5. The SMILES string of the molecule is CC(C)(N)C(=O)N[C@H](Cc1c[nH]c2ccccc12)C(N)=O.O=C(O)C(c1ccc(-c2ccccc2)cc1)n1c#cnc1. The van der Waals surface area contributed by atoms with E-state index in [0.717, 1.165) is 27.6 Å². The van der Waals surface area contributed by atoms with Gasteiger partial charge in [-0.1, -0.05) is 72.8 Å². The lowest BCUT2D eigenvalue weighted by molar-refractivity contribution is -0.139. The minimum atomic E-state index is -1.06. The molecule has 5 aromatic rings. The second kappa shape index (κ2) is 12.8. The van der Waals surface area contributed by atoms with Crippen molar-refractivity contribution in [3.05, 3.63) is 115 Å². The normalized spacial score (nSPS) is 12.4. The summed E-state index contributed by atoms with van der Waals surface area (Å²) in [6.45, 7) is 3.15. The average Bonchev–Trinajstić information content (AvgIpc) is 3.64. The molecule has 2 aromatic heterocycles. The fourth-order valence-corrected chi connectivity index (χ4v) is 4.34. The van der Waals surface area contributed by atoms with Crippen molar-refractivity contribution in [2.45, 2.75) is 37.9 Å². The summed E-state index contributed by atoms with van der Waals surface area (Å²) in [6, 6.07) is 23.5. The molecule has 0 saturated heterocycles. The van der Waals surface area contributed by atoms with Crippen LogP contribution in [0.25, 0.3) is 22.0 Å². The lowest BCUT2D eigenvalue weighted by Gasteiger charge is -2.22. The summed E-state index contributed by atoms with van der Waals surface area (Å²) >= 11 is 0. The minimum absolute atomic E-state index is 0.321. The number of aromatic amines is 1. The molecule has 0 spiro atoms. The van der Waals surface area contributed by atoms with Gasteiger partial charge in [0, 0.05) is 29.7 Å². The number of nitrogens with two attached hydrogens (primary N) is 2. The third kappa shape index (κ3) is 7.21. The molecule has 10 nitrogen and oxygen atoms in total. The fourth-order valence-electron chi connectivity index (χ4n) is 4.34.